The van der Waals surface area contributed by atoms with Crippen molar-refractivity contribution in [2.24, 2.45) is 9.98 Å². The van der Waals surface area contributed by atoms with Gasteiger partial charge in [0, 0.05) is 24.7 Å². The Morgan fingerprint density at radius 2 is 1.18 bits per heavy atom. The molecule has 2 fully saturated rings. The Bertz CT molecular complexity index is 835. The van der Waals surface area contributed by atoms with Crippen LogP contribution in [-0.2, 0) is 9.47 Å². The summed E-state index contributed by atoms with van der Waals surface area (Å²) >= 11 is 3.27. The molecule has 0 spiro atoms. The molecule has 6 unspecified atom stereocenters. The van der Waals surface area contributed by atoms with Crippen LogP contribution in [0.3, 0.4) is 0 Å². The second-order valence-electron chi connectivity index (χ2n) is 8.10. The zero-order valence-electron chi connectivity index (χ0n) is 16.1. The maximum absolute atomic E-state index is 11.1. The first-order valence-electron chi connectivity index (χ1n) is 10.0. The molecular weight excluding hydrogens is 396 g/mol. The van der Waals surface area contributed by atoms with Crippen LogP contribution in [0.1, 0.15) is 38.5 Å². The Labute approximate surface area is 172 Å². The molecule has 0 saturated heterocycles. The first-order chi connectivity index (χ1) is 13.6. The van der Waals surface area contributed by atoms with Crippen LogP contribution in [0.15, 0.2) is 19.8 Å². The number of nitrogens with zero attached hydrogens (tertiary/aromatic N) is 2. The summed E-state index contributed by atoms with van der Waals surface area (Å²) in [5, 5.41) is 23.8. The van der Waals surface area contributed by atoms with Crippen molar-refractivity contribution in [3.63, 3.8) is 0 Å². The zero-order chi connectivity index (χ0) is 19.4. The summed E-state index contributed by atoms with van der Waals surface area (Å²) in [4.78, 5) is 11.1. The van der Waals surface area contributed by atoms with Crippen molar-refractivity contribution in [1.82, 2.24) is 0 Å². The van der Waals surface area contributed by atoms with Crippen molar-refractivity contribution in [3.8, 4) is 11.5 Å². The van der Waals surface area contributed by atoms with Crippen molar-refractivity contribution >= 4 is 23.5 Å². The minimum atomic E-state index is 0.165. The zero-order valence-corrected chi connectivity index (χ0v) is 17.8. The fourth-order valence-electron chi connectivity index (χ4n) is 4.88. The fraction of sp³-hybridized carbons (Fsp3) is 0.700. The molecule has 2 heterocycles. The number of rotatable bonds is 2. The number of hydrogen-bond donors (Lipinski definition) is 2. The fourth-order valence-corrected chi connectivity index (χ4v) is 7.76. The van der Waals surface area contributed by atoms with E-state index in [0.717, 1.165) is 38.5 Å². The van der Waals surface area contributed by atoms with Crippen LogP contribution < -0.4 is 10.7 Å². The second-order valence-corrected chi connectivity index (χ2v) is 10.6. The number of fused-ring (bicyclic) bond motifs is 4. The molecule has 2 saturated carbocycles. The second kappa shape index (κ2) is 7.38. The molecule has 5 rings (SSSR count). The molecule has 152 valence electrons. The quantitative estimate of drug-likeness (QED) is 0.712. The van der Waals surface area contributed by atoms with Crippen LogP contribution in [0.5, 0.6) is 11.5 Å². The lowest BCUT2D eigenvalue weighted by atomic mass is 9.92. The molecule has 0 bridgehead atoms. The predicted octanol–water partition coefficient (Wildman–Crippen LogP) is 2.42. The van der Waals surface area contributed by atoms with Crippen LogP contribution in [0, 0.1) is 0 Å². The maximum Gasteiger partial charge on any atom is 0.158 e. The van der Waals surface area contributed by atoms with Gasteiger partial charge in [0.2, 0.25) is 0 Å². The van der Waals surface area contributed by atoms with Crippen molar-refractivity contribution in [3.05, 3.63) is 10.7 Å². The standard InChI is InChI=1S/C20H26N2O4S2/c1-25-9-3-5-11-13(7-9)27-19-15(21-11)18(24)20-16(17(19)23)22-12-6-4-10(26-2)8-14(12)28-20/h9-14,23-24H,3-8H2,1-2H3. The van der Waals surface area contributed by atoms with Gasteiger partial charge in [0.25, 0.3) is 0 Å². The third-order valence-electron chi connectivity index (χ3n) is 6.52. The molecule has 0 radical (unpaired) electrons. The molecule has 2 N–H and O–H groups in total. The summed E-state index contributed by atoms with van der Waals surface area (Å²) in [7, 11) is 3.52. The van der Waals surface area contributed by atoms with E-state index in [2.05, 4.69) is 0 Å². The molecule has 2 aliphatic heterocycles. The van der Waals surface area contributed by atoms with E-state index < -0.39 is 0 Å². The van der Waals surface area contributed by atoms with E-state index >= 15 is 0 Å². The molecule has 6 nitrogen and oxygen atoms in total. The summed E-state index contributed by atoms with van der Waals surface area (Å²) < 4.78 is 11.1. The van der Waals surface area contributed by atoms with Gasteiger partial charge in [-0.25, -0.2) is 0 Å². The number of phenols is 2. The van der Waals surface area contributed by atoms with Gasteiger partial charge >= 0.3 is 0 Å². The third-order valence-corrected chi connectivity index (χ3v) is 9.38. The molecule has 28 heavy (non-hydrogen) atoms. The predicted molar refractivity (Wildman–Crippen MR) is 108 cm³/mol. The van der Waals surface area contributed by atoms with Crippen LogP contribution in [0.2, 0.25) is 0 Å². The van der Waals surface area contributed by atoms with Crippen LogP contribution in [0.25, 0.3) is 0 Å². The number of ether oxygens (including phenoxy) is 2. The Morgan fingerprint density at radius 1 is 0.750 bits per heavy atom. The molecule has 0 amide bonds. The summed E-state index contributed by atoms with van der Waals surface area (Å²) in [6, 6.07) is 0.330. The van der Waals surface area contributed by atoms with Crippen molar-refractivity contribution < 1.29 is 19.7 Å². The Balaban J connectivity index is 1.57. The van der Waals surface area contributed by atoms with Crippen molar-refractivity contribution in [1.29, 1.82) is 0 Å². The number of phenolic OH excluding ortho intramolecular Hbond substituents is 2. The topological polar surface area (TPSA) is 83.6 Å². The molecular formula is C20H26N2O4S2. The van der Waals surface area contributed by atoms with Gasteiger partial charge in [0.15, 0.2) is 11.5 Å². The van der Waals surface area contributed by atoms with E-state index in [0.29, 0.717) is 20.5 Å². The van der Waals surface area contributed by atoms with E-state index in [9.17, 15) is 10.2 Å². The van der Waals surface area contributed by atoms with Gasteiger partial charge in [-0.05, 0) is 38.5 Å². The monoisotopic (exact) mass is 422 g/mol. The number of benzene rings is 1. The summed E-state index contributed by atoms with van der Waals surface area (Å²) in [6.07, 6.45) is 6.20. The third kappa shape index (κ3) is 3.04. The van der Waals surface area contributed by atoms with Gasteiger partial charge in [-0.2, -0.15) is 0 Å². The molecule has 0 aromatic heterocycles. The molecule has 6 atom stereocenters. The van der Waals surface area contributed by atoms with Crippen molar-refractivity contribution in [2.45, 2.75) is 83.1 Å². The Hall–Kier alpha value is -0.960. The van der Waals surface area contributed by atoms with Gasteiger partial charge in [-0.1, -0.05) is 0 Å². The highest BCUT2D eigenvalue weighted by atomic mass is 32.2. The van der Waals surface area contributed by atoms with E-state index in [1.807, 2.05) is 0 Å². The van der Waals surface area contributed by atoms with Gasteiger partial charge in [0.05, 0.1) is 34.1 Å². The summed E-state index contributed by atoms with van der Waals surface area (Å²) in [5.41, 5.74) is 0. The highest BCUT2D eigenvalue weighted by Gasteiger charge is 2.39. The Kier molecular flexibility index (Phi) is 5.01. The average Bonchev–Trinajstić information content (AvgIpc) is 2.74. The highest BCUT2D eigenvalue weighted by molar-refractivity contribution is 8.00. The highest BCUT2D eigenvalue weighted by Crippen LogP contribution is 2.45. The largest absolute Gasteiger partial charge is 0.504 e. The Morgan fingerprint density at radius 3 is 1.57 bits per heavy atom. The van der Waals surface area contributed by atoms with Crippen LogP contribution >= 0.6 is 23.5 Å². The van der Waals surface area contributed by atoms with E-state index in [4.69, 9.17) is 19.5 Å². The lowest BCUT2D eigenvalue weighted by Crippen LogP contribution is -2.41. The molecule has 1 aromatic carbocycles. The van der Waals surface area contributed by atoms with Gasteiger partial charge in [0.1, 0.15) is 10.7 Å². The number of methoxy groups -OCH3 is 2. The number of hydrogen-bond acceptors (Lipinski definition) is 8. The minimum absolute atomic E-state index is 0.165. The van der Waals surface area contributed by atoms with Gasteiger partial charge < -0.3 is 19.7 Å². The molecule has 4 aliphatic rings. The average molecular weight is 423 g/mol. The van der Waals surface area contributed by atoms with Crippen molar-refractivity contribution in [2.75, 3.05) is 14.2 Å². The smallest absolute Gasteiger partial charge is 0.158 e. The first-order valence-corrected chi connectivity index (χ1v) is 11.8. The number of aromatic hydroxyl groups is 2. The number of thioether (sulfide) groups is 2. The van der Waals surface area contributed by atoms with Gasteiger partial charge in [-0.15, -0.1) is 23.5 Å². The normalized spacial score (nSPS) is 36.2. The summed E-state index contributed by atoms with van der Waals surface area (Å²) in [5.74, 6) is 0.378. The lowest BCUT2D eigenvalue weighted by Gasteiger charge is -2.37. The summed E-state index contributed by atoms with van der Waals surface area (Å²) in [6.45, 7) is 0. The maximum atomic E-state index is 11.1. The lowest BCUT2D eigenvalue weighted by molar-refractivity contribution is 0.0679. The van der Waals surface area contributed by atoms with Gasteiger partial charge in [-0.3, -0.25) is 9.98 Å². The van der Waals surface area contributed by atoms with Crippen LogP contribution in [-0.4, -0.2) is 59.2 Å². The molecule has 8 heteroatoms. The van der Waals surface area contributed by atoms with Crippen LogP contribution in [0.4, 0.5) is 0 Å². The van der Waals surface area contributed by atoms with E-state index in [-0.39, 0.29) is 46.3 Å². The molecule has 2 aliphatic carbocycles. The van der Waals surface area contributed by atoms with E-state index in [1.165, 1.54) is 0 Å². The minimum Gasteiger partial charge on any atom is -0.504 e. The van der Waals surface area contributed by atoms with E-state index in [1.54, 1.807) is 37.7 Å². The first kappa shape index (κ1) is 19.0. The SMILES string of the molecule is COC1CCC2N=c3c(O)c4c(c(O)c3SC2C1)=NC1CCC(OC)CC1S4. The molecule has 1 aromatic rings.